The first-order valence-electron chi connectivity index (χ1n) is 5.75. The molecule has 1 unspecified atom stereocenters. The quantitative estimate of drug-likeness (QED) is 0.686. The number of anilines is 1. The highest BCUT2D eigenvalue weighted by Gasteiger charge is 2.10. The summed E-state index contributed by atoms with van der Waals surface area (Å²) in [5, 5.41) is 3.21. The summed E-state index contributed by atoms with van der Waals surface area (Å²) in [6, 6.07) is 3.39. The summed E-state index contributed by atoms with van der Waals surface area (Å²) in [5.74, 6) is 0.733. The third-order valence-corrected chi connectivity index (χ3v) is 2.44. The lowest BCUT2D eigenvalue weighted by Gasteiger charge is -2.19. The Morgan fingerprint density at radius 1 is 1.53 bits per heavy atom. The van der Waals surface area contributed by atoms with Crippen LogP contribution < -0.4 is 16.8 Å². The van der Waals surface area contributed by atoms with E-state index in [0.717, 1.165) is 6.42 Å². The van der Waals surface area contributed by atoms with Crippen LogP contribution in [0, 0.1) is 5.92 Å². The Morgan fingerprint density at radius 3 is 2.76 bits per heavy atom. The lowest BCUT2D eigenvalue weighted by atomic mass is 10.0. The Labute approximate surface area is 102 Å². The number of nitrogens with two attached hydrogens (primary N) is 2. The average Bonchev–Trinajstić information content (AvgIpc) is 2.28. The smallest absolute Gasteiger partial charge is 0.248 e. The molecule has 0 aromatic carbocycles. The number of hydrogen-bond acceptors (Lipinski definition) is 4. The average molecular weight is 236 g/mol. The van der Waals surface area contributed by atoms with E-state index in [1.807, 2.05) is 0 Å². The van der Waals surface area contributed by atoms with Crippen molar-refractivity contribution in [1.82, 2.24) is 4.98 Å². The van der Waals surface area contributed by atoms with Crippen molar-refractivity contribution >= 4 is 11.7 Å². The molecular formula is C12H20N4O. The second kappa shape index (κ2) is 6.20. The van der Waals surface area contributed by atoms with E-state index in [1.54, 1.807) is 18.3 Å². The Bertz CT molecular complexity index is 379. The second-order valence-electron chi connectivity index (χ2n) is 4.50. The first-order chi connectivity index (χ1) is 8.02. The zero-order chi connectivity index (χ0) is 12.8. The summed E-state index contributed by atoms with van der Waals surface area (Å²) >= 11 is 0. The number of hydrogen-bond donors (Lipinski definition) is 3. The van der Waals surface area contributed by atoms with E-state index < -0.39 is 5.91 Å². The third kappa shape index (κ3) is 4.40. The number of primary amides is 1. The summed E-state index contributed by atoms with van der Waals surface area (Å²) in [5.41, 5.74) is 11.3. The van der Waals surface area contributed by atoms with Gasteiger partial charge in [0.1, 0.15) is 5.82 Å². The zero-order valence-corrected chi connectivity index (χ0v) is 10.3. The van der Waals surface area contributed by atoms with Crippen LogP contribution in [0.5, 0.6) is 0 Å². The van der Waals surface area contributed by atoms with E-state index in [4.69, 9.17) is 11.5 Å². The molecule has 1 aromatic rings. The fourth-order valence-corrected chi connectivity index (χ4v) is 1.65. The first-order valence-corrected chi connectivity index (χ1v) is 5.75. The molecule has 0 fully saturated rings. The van der Waals surface area contributed by atoms with Crippen LogP contribution in [0.25, 0.3) is 0 Å². The van der Waals surface area contributed by atoms with E-state index >= 15 is 0 Å². The topological polar surface area (TPSA) is 94.0 Å². The molecule has 5 nitrogen and oxygen atoms in total. The monoisotopic (exact) mass is 236 g/mol. The second-order valence-corrected chi connectivity index (χ2v) is 4.50. The predicted molar refractivity (Wildman–Crippen MR) is 68.7 cm³/mol. The fraction of sp³-hybridized carbons (Fsp3) is 0.500. The van der Waals surface area contributed by atoms with Gasteiger partial charge in [0.15, 0.2) is 0 Å². The number of pyridine rings is 1. The highest BCUT2D eigenvalue weighted by Crippen LogP contribution is 2.11. The fourth-order valence-electron chi connectivity index (χ4n) is 1.65. The van der Waals surface area contributed by atoms with Gasteiger partial charge in [0.05, 0.1) is 0 Å². The zero-order valence-electron chi connectivity index (χ0n) is 10.3. The minimum Gasteiger partial charge on any atom is -0.366 e. The molecule has 0 spiro atoms. The van der Waals surface area contributed by atoms with Crippen molar-refractivity contribution in [2.24, 2.45) is 17.4 Å². The van der Waals surface area contributed by atoms with Crippen LogP contribution in [0.3, 0.4) is 0 Å². The highest BCUT2D eigenvalue weighted by molar-refractivity contribution is 5.93. The number of amides is 1. The van der Waals surface area contributed by atoms with Crippen LogP contribution in [0.2, 0.25) is 0 Å². The molecule has 1 rings (SSSR count). The molecule has 0 saturated heterocycles. The van der Waals surface area contributed by atoms with E-state index in [9.17, 15) is 4.79 Å². The molecule has 5 heteroatoms. The van der Waals surface area contributed by atoms with Gasteiger partial charge in [-0.1, -0.05) is 13.8 Å². The molecule has 1 amide bonds. The van der Waals surface area contributed by atoms with Gasteiger partial charge < -0.3 is 16.8 Å². The Morgan fingerprint density at radius 2 is 2.24 bits per heavy atom. The minimum absolute atomic E-state index is 0.158. The Kier molecular flexibility index (Phi) is 4.90. The van der Waals surface area contributed by atoms with Crippen LogP contribution >= 0.6 is 0 Å². The normalized spacial score (nSPS) is 12.5. The summed E-state index contributed by atoms with van der Waals surface area (Å²) < 4.78 is 0. The van der Waals surface area contributed by atoms with Crippen molar-refractivity contribution in [2.75, 3.05) is 11.9 Å². The van der Waals surface area contributed by atoms with Crippen LogP contribution in [-0.2, 0) is 0 Å². The molecule has 0 saturated carbocycles. The molecule has 17 heavy (non-hydrogen) atoms. The predicted octanol–water partition coefficient (Wildman–Crippen LogP) is 0.966. The molecule has 1 heterocycles. The van der Waals surface area contributed by atoms with Gasteiger partial charge in [-0.05, 0) is 24.5 Å². The van der Waals surface area contributed by atoms with E-state index in [2.05, 4.69) is 24.1 Å². The summed E-state index contributed by atoms with van der Waals surface area (Å²) in [6.45, 7) is 4.80. The largest absolute Gasteiger partial charge is 0.366 e. The van der Waals surface area contributed by atoms with Gasteiger partial charge in [-0.2, -0.15) is 0 Å². The van der Waals surface area contributed by atoms with Crippen LogP contribution in [-0.4, -0.2) is 23.5 Å². The molecule has 0 aliphatic rings. The third-order valence-electron chi connectivity index (χ3n) is 2.44. The maximum atomic E-state index is 11.0. The van der Waals surface area contributed by atoms with Gasteiger partial charge >= 0.3 is 0 Å². The molecule has 0 radical (unpaired) electrons. The number of nitrogens with zero attached hydrogens (tertiary/aromatic N) is 1. The maximum Gasteiger partial charge on any atom is 0.248 e. The molecule has 0 aliphatic heterocycles. The number of nitrogens with one attached hydrogen (secondary N) is 1. The van der Waals surface area contributed by atoms with E-state index in [0.29, 0.717) is 23.8 Å². The van der Waals surface area contributed by atoms with Crippen LogP contribution in [0.4, 0.5) is 5.82 Å². The number of rotatable bonds is 6. The van der Waals surface area contributed by atoms with E-state index in [-0.39, 0.29) is 6.04 Å². The lowest BCUT2D eigenvalue weighted by molar-refractivity contribution is 0.1000. The van der Waals surface area contributed by atoms with Gasteiger partial charge in [-0.25, -0.2) is 4.98 Å². The summed E-state index contributed by atoms with van der Waals surface area (Å²) in [4.78, 5) is 15.2. The molecule has 1 atom stereocenters. The number of carbonyl (C=O) groups is 1. The van der Waals surface area contributed by atoms with Crippen molar-refractivity contribution in [3.8, 4) is 0 Å². The molecule has 1 aromatic heterocycles. The minimum atomic E-state index is -0.455. The molecule has 0 aliphatic carbocycles. The summed E-state index contributed by atoms with van der Waals surface area (Å²) in [6.07, 6.45) is 2.52. The summed E-state index contributed by atoms with van der Waals surface area (Å²) in [7, 11) is 0. The molecular weight excluding hydrogens is 216 g/mol. The van der Waals surface area contributed by atoms with Gasteiger partial charge in [0.2, 0.25) is 5.91 Å². The van der Waals surface area contributed by atoms with Gasteiger partial charge in [-0.3, -0.25) is 4.79 Å². The van der Waals surface area contributed by atoms with Gasteiger partial charge in [-0.15, -0.1) is 0 Å². The van der Waals surface area contributed by atoms with Crippen molar-refractivity contribution in [3.05, 3.63) is 23.9 Å². The van der Waals surface area contributed by atoms with Gasteiger partial charge in [0, 0.05) is 24.3 Å². The van der Waals surface area contributed by atoms with Crippen molar-refractivity contribution in [2.45, 2.75) is 26.3 Å². The number of aromatic nitrogens is 1. The maximum absolute atomic E-state index is 11.0. The van der Waals surface area contributed by atoms with Gasteiger partial charge in [0.25, 0.3) is 0 Å². The molecule has 94 valence electrons. The first kappa shape index (κ1) is 13.4. The standard InChI is InChI=1S/C12H20N4O/c1-8(2)5-10(7-13)16-11-6-9(12(14)17)3-4-15-11/h3-4,6,8,10H,5,7,13H2,1-2H3,(H2,14,17)(H,15,16). The highest BCUT2D eigenvalue weighted by atomic mass is 16.1. The Hall–Kier alpha value is -1.62. The number of carbonyl (C=O) groups excluding carboxylic acids is 1. The molecule has 0 bridgehead atoms. The lowest BCUT2D eigenvalue weighted by Crippen LogP contribution is -2.30. The SMILES string of the molecule is CC(C)CC(CN)Nc1cc(C(N)=O)ccn1. The van der Waals surface area contributed by atoms with E-state index in [1.165, 1.54) is 0 Å². The molecule has 5 N–H and O–H groups in total. The van der Waals surface area contributed by atoms with Crippen LogP contribution in [0.15, 0.2) is 18.3 Å². The van der Waals surface area contributed by atoms with Crippen molar-refractivity contribution < 1.29 is 4.79 Å². The van der Waals surface area contributed by atoms with Crippen LogP contribution in [0.1, 0.15) is 30.6 Å². The Balaban J connectivity index is 2.72. The van der Waals surface area contributed by atoms with Crippen molar-refractivity contribution in [1.29, 1.82) is 0 Å². The van der Waals surface area contributed by atoms with Crippen molar-refractivity contribution in [3.63, 3.8) is 0 Å².